The van der Waals surface area contributed by atoms with Crippen molar-refractivity contribution in [1.29, 1.82) is 0 Å². The van der Waals surface area contributed by atoms with E-state index in [9.17, 15) is 17.6 Å². The number of nitrogens with zero attached hydrogens (tertiary/aromatic N) is 5. The Balaban J connectivity index is 2.24. The summed E-state index contributed by atoms with van der Waals surface area (Å²) in [6.07, 6.45) is 2.86. The lowest BCUT2D eigenvalue weighted by Crippen LogP contribution is -2.36. The van der Waals surface area contributed by atoms with E-state index in [0.29, 0.717) is 13.1 Å². The highest BCUT2D eigenvalue weighted by Gasteiger charge is 2.27. The molecule has 2 aromatic rings. The molecule has 0 spiro atoms. The van der Waals surface area contributed by atoms with E-state index < -0.39 is 27.0 Å². The zero-order chi connectivity index (χ0) is 19.3. The van der Waals surface area contributed by atoms with E-state index >= 15 is 0 Å². The number of sulfonamides is 1. The summed E-state index contributed by atoms with van der Waals surface area (Å²) in [6, 6.07) is 4.55. The van der Waals surface area contributed by atoms with Gasteiger partial charge < -0.3 is 4.90 Å². The molecule has 8 nitrogen and oxygen atoms in total. The van der Waals surface area contributed by atoms with Crippen LogP contribution >= 0.6 is 0 Å². The van der Waals surface area contributed by atoms with E-state index in [0.717, 1.165) is 40.3 Å². The molecule has 0 saturated carbocycles. The molecular formula is C16H22FN5O3S. The van der Waals surface area contributed by atoms with Crippen LogP contribution in [-0.4, -0.2) is 54.3 Å². The highest BCUT2D eigenvalue weighted by atomic mass is 32.2. The van der Waals surface area contributed by atoms with Crippen LogP contribution in [0.3, 0.4) is 0 Å². The number of carbonyl (C=O) groups is 1. The van der Waals surface area contributed by atoms with Gasteiger partial charge in [-0.1, -0.05) is 13.3 Å². The smallest absolute Gasteiger partial charge is 0.323 e. The average Bonchev–Trinajstić information content (AvgIpc) is 3.13. The van der Waals surface area contributed by atoms with Gasteiger partial charge >= 0.3 is 16.1 Å². The predicted molar refractivity (Wildman–Crippen MR) is 95.0 cm³/mol. The minimum atomic E-state index is -4.07. The van der Waals surface area contributed by atoms with Crippen molar-refractivity contribution >= 4 is 21.7 Å². The number of hydrogen-bond donors (Lipinski definition) is 0. The maximum Gasteiger partial charge on any atom is 0.346 e. The molecule has 0 aliphatic carbocycles. The standard InChI is InChI=1S/C16H22FN5O3S/c1-4-6-11-21(5-2)16(23)22-12-18-15(19-22)26(24,25)20(3)14-9-7-13(17)8-10-14/h7-10,12H,4-6,11H2,1-3H3. The van der Waals surface area contributed by atoms with E-state index in [1.165, 1.54) is 19.2 Å². The van der Waals surface area contributed by atoms with Crippen LogP contribution in [0.25, 0.3) is 0 Å². The lowest BCUT2D eigenvalue weighted by molar-refractivity contribution is 0.197. The Labute approximate surface area is 152 Å². The van der Waals surface area contributed by atoms with Gasteiger partial charge in [-0.25, -0.2) is 14.2 Å². The van der Waals surface area contributed by atoms with Gasteiger partial charge in [0.05, 0.1) is 5.69 Å². The number of aromatic nitrogens is 3. The second kappa shape index (κ2) is 8.26. The number of hydrogen-bond acceptors (Lipinski definition) is 5. The van der Waals surface area contributed by atoms with Gasteiger partial charge in [-0.2, -0.15) is 13.1 Å². The van der Waals surface area contributed by atoms with Crippen LogP contribution in [0.1, 0.15) is 26.7 Å². The SMILES string of the molecule is CCCCN(CC)C(=O)n1cnc(S(=O)(=O)N(C)c2ccc(F)cc2)n1. The van der Waals surface area contributed by atoms with Crippen molar-refractivity contribution in [3.05, 3.63) is 36.4 Å². The summed E-state index contributed by atoms with van der Waals surface area (Å²) in [4.78, 5) is 17.8. The highest BCUT2D eigenvalue weighted by Crippen LogP contribution is 2.20. The van der Waals surface area contributed by atoms with Gasteiger partial charge in [0.1, 0.15) is 12.1 Å². The third-order valence-corrected chi connectivity index (χ3v) is 5.46. The van der Waals surface area contributed by atoms with Crippen molar-refractivity contribution in [2.75, 3.05) is 24.4 Å². The van der Waals surface area contributed by atoms with E-state index in [1.54, 1.807) is 4.90 Å². The number of carbonyl (C=O) groups excluding carboxylic acids is 1. The molecule has 0 saturated heterocycles. The third-order valence-electron chi connectivity index (χ3n) is 3.88. The molecule has 0 atom stereocenters. The molecule has 142 valence electrons. The Morgan fingerprint density at radius 2 is 1.88 bits per heavy atom. The topological polar surface area (TPSA) is 88.4 Å². The van der Waals surface area contributed by atoms with Gasteiger partial charge in [0.2, 0.25) is 0 Å². The van der Waals surface area contributed by atoms with Crippen molar-refractivity contribution in [3.63, 3.8) is 0 Å². The zero-order valence-corrected chi connectivity index (χ0v) is 15.8. The molecule has 0 fully saturated rings. The molecule has 1 amide bonds. The second-order valence-corrected chi connectivity index (χ2v) is 7.50. The molecule has 0 aliphatic heterocycles. The Morgan fingerprint density at radius 1 is 1.23 bits per heavy atom. The minimum Gasteiger partial charge on any atom is -0.323 e. The van der Waals surface area contributed by atoms with Crippen molar-refractivity contribution in [3.8, 4) is 0 Å². The molecule has 0 unspecified atom stereocenters. The molecule has 0 N–H and O–H groups in total. The number of rotatable bonds is 7. The lowest BCUT2D eigenvalue weighted by Gasteiger charge is -2.19. The molecule has 0 radical (unpaired) electrons. The van der Waals surface area contributed by atoms with Crippen molar-refractivity contribution in [1.82, 2.24) is 19.7 Å². The molecule has 1 heterocycles. The Morgan fingerprint density at radius 3 is 2.46 bits per heavy atom. The summed E-state index contributed by atoms with van der Waals surface area (Å²) in [7, 11) is -2.76. The fourth-order valence-electron chi connectivity index (χ4n) is 2.25. The minimum absolute atomic E-state index is 0.257. The molecular weight excluding hydrogens is 361 g/mol. The Hall–Kier alpha value is -2.49. The molecule has 10 heteroatoms. The van der Waals surface area contributed by atoms with Gasteiger partial charge in [0.15, 0.2) is 0 Å². The highest BCUT2D eigenvalue weighted by molar-refractivity contribution is 7.92. The van der Waals surface area contributed by atoms with Crippen molar-refractivity contribution < 1.29 is 17.6 Å². The monoisotopic (exact) mass is 383 g/mol. The lowest BCUT2D eigenvalue weighted by atomic mass is 10.3. The molecule has 1 aromatic carbocycles. The average molecular weight is 383 g/mol. The number of amides is 1. The first kappa shape index (κ1) is 19.8. The third kappa shape index (κ3) is 4.18. The molecule has 1 aromatic heterocycles. The Kier molecular flexibility index (Phi) is 6.30. The van der Waals surface area contributed by atoms with E-state index in [2.05, 4.69) is 10.1 Å². The summed E-state index contributed by atoms with van der Waals surface area (Å²) in [6.45, 7) is 4.90. The normalized spacial score (nSPS) is 11.4. The predicted octanol–water partition coefficient (Wildman–Crippen LogP) is 2.33. The van der Waals surface area contributed by atoms with Crippen LogP contribution < -0.4 is 4.31 Å². The van der Waals surface area contributed by atoms with E-state index in [4.69, 9.17) is 0 Å². The van der Waals surface area contributed by atoms with Crippen LogP contribution in [0.5, 0.6) is 0 Å². The van der Waals surface area contributed by atoms with Crippen LogP contribution in [0, 0.1) is 5.82 Å². The summed E-state index contributed by atoms with van der Waals surface area (Å²) in [5.41, 5.74) is 0.257. The van der Waals surface area contributed by atoms with Gasteiger partial charge in [0.25, 0.3) is 5.16 Å². The van der Waals surface area contributed by atoms with Crippen LogP contribution in [0.4, 0.5) is 14.9 Å². The van der Waals surface area contributed by atoms with E-state index in [-0.39, 0.29) is 5.69 Å². The maximum atomic E-state index is 13.0. The first-order valence-electron chi connectivity index (χ1n) is 8.26. The maximum absolute atomic E-state index is 13.0. The van der Waals surface area contributed by atoms with Gasteiger partial charge in [-0.15, -0.1) is 5.10 Å². The summed E-state index contributed by atoms with van der Waals surface area (Å²) in [5, 5.41) is 3.34. The number of halogens is 1. The van der Waals surface area contributed by atoms with Crippen molar-refractivity contribution in [2.24, 2.45) is 0 Å². The quantitative estimate of drug-likeness (QED) is 0.732. The fraction of sp³-hybridized carbons (Fsp3) is 0.438. The number of anilines is 1. The van der Waals surface area contributed by atoms with Gasteiger partial charge in [-0.3, -0.25) is 4.31 Å². The van der Waals surface area contributed by atoms with Gasteiger partial charge in [0, 0.05) is 20.1 Å². The second-order valence-electron chi connectivity index (χ2n) is 5.64. The molecule has 0 aliphatic rings. The molecule has 2 rings (SSSR count). The van der Waals surface area contributed by atoms with Crippen molar-refractivity contribution in [2.45, 2.75) is 31.8 Å². The zero-order valence-electron chi connectivity index (χ0n) is 15.0. The van der Waals surface area contributed by atoms with Crippen LogP contribution in [0.2, 0.25) is 0 Å². The largest absolute Gasteiger partial charge is 0.346 e. The summed E-state index contributed by atoms with van der Waals surface area (Å²) in [5.74, 6) is -0.473. The fourth-order valence-corrected chi connectivity index (χ4v) is 3.27. The van der Waals surface area contributed by atoms with Gasteiger partial charge in [-0.05, 0) is 37.6 Å². The molecule has 26 heavy (non-hydrogen) atoms. The van der Waals surface area contributed by atoms with E-state index in [1.807, 2.05) is 13.8 Å². The summed E-state index contributed by atoms with van der Waals surface area (Å²) < 4.78 is 40.1. The summed E-state index contributed by atoms with van der Waals surface area (Å²) >= 11 is 0. The molecule has 0 bridgehead atoms. The first-order chi connectivity index (χ1) is 12.3. The Bertz CT molecular complexity index is 851. The number of unbranched alkanes of at least 4 members (excludes halogenated alkanes) is 1. The van der Waals surface area contributed by atoms with Crippen LogP contribution in [0.15, 0.2) is 35.7 Å². The number of benzene rings is 1. The van der Waals surface area contributed by atoms with Crippen LogP contribution in [-0.2, 0) is 10.0 Å². The first-order valence-corrected chi connectivity index (χ1v) is 9.70.